The van der Waals surface area contributed by atoms with Crippen LogP contribution >= 0.6 is 0 Å². The van der Waals surface area contributed by atoms with E-state index in [4.69, 9.17) is 5.73 Å². The van der Waals surface area contributed by atoms with Gasteiger partial charge in [0, 0.05) is 12.6 Å². The number of nitrogens with one attached hydrogen (secondary N) is 2. The summed E-state index contributed by atoms with van der Waals surface area (Å²) in [5, 5.41) is 6.75. The Morgan fingerprint density at radius 3 is 2.55 bits per heavy atom. The van der Waals surface area contributed by atoms with Crippen LogP contribution in [0.1, 0.15) is 31.2 Å². The van der Waals surface area contributed by atoms with E-state index in [0.717, 1.165) is 18.8 Å². The van der Waals surface area contributed by atoms with Crippen molar-refractivity contribution in [3.63, 3.8) is 0 Å². The van der Waals surface area contributed by atoms with E-state index in [1.807, 2.05) is 6.07 Å². The molecule has 4 N–H and O–H groups in total. The summed E-state index contributed by atoms with van der Waals surface area (Å²) in [5.74, 6) is 1.47. The summed E-state index contributed by atoms with van der Waals surface area (Å²) >= 11 is 0. The molecule has 1 aliphatic rings. The molecule has 1 aliphatic carbocycles. The lowest BCUT2D eigenvalue weighted by atomic mass is 10.1. The van der Waals surface area contributed by atoms with Crippen molar-refractivity contribution in [1.82, 2.24) is 9.97 Å². The van der Waals surface area contributed by atoms with E-state index in [0.29, 0.717) is 17.5 Å². The number of hydrogen-bond donors (Lipinski definition) is 3. The zero-order valence-corrected chi connectivity index (χ0v) is 12.8. The van der Waals surface area contributed by atoms with Crippen LogP contribution in [0.15, 0.2) is 36.7 Å². The molecular weight excluding hydrogens is 274 g/mol. The minimum absolute atomic E-state index is 0.495. The van der Waals surface area contributed by atoms with E-state index < -0.39 is 0 Å². The van der Waals surface area contributed by atoms with E-state index in [1.54, 1.807) is 6.33 Å². The van der Waals surface area contributed by atoms with Crippen LogP contribution in [0.2, 0.25) is 0 Å². The van der Waals surface area contributed by atoms with Crippen LogP contribution < -0.4 is 16.4 Å². The zero-order valence-electron chi connectivity index (χ0n) is 12.8. The molecule has 5 heteroatoms. The Bertz CT molecular complexity index is 593. The van der Waals surface area contributed by atoms with Gasteiger partial charge in [-0.2, -0.15) is 0 Å². The molecule has 116 valence electrons. The predicted molar refractivity (Wildman–Crippen MR) is 91.0 cm³/mol. The zero-order chi connectivity index (χ0) is 15.2. The summed E-state index contributed by atoms with van der Waals surface area (Å²) in [5.41, 5.74) is 8.10. The van der Waals surface area contributed by atoms with Gasteiger partial charge in [0.2, 0.25) is 0 Å². The number of anilines is 3. The molecule has 1 aromatic carbocycles. The van der Waals surface area contributed by atoms with E-state index in [1.165, 1.54) is 31.2 Å². The van der Waals surface area contributed by atoms with E-state index >= 15 is 0 Å². The maximum Gasteiger partial charge on any atom is 0.155 e. The number of hydrogen-bond acceptors (Lipinski definition) is 5. The van der Waals surface area contributed by atoms with Gasteiger partial charge in [0.05, 0.1) is 0 Å². The van der Waals surface area contributed by atoms with Crippen molar-refractivity contribution in [2.75, 3.05) is 22.9 Å². The first-order valence-electron chi connectivity index (χ1n) is 7.98. The number of nitrogens with zero attached hydrogens (tertiary/aromatic N) is 2. The van der Waals surface area contributed by atoms with Gasteiger partial charge in [0.15, 0.2) is 11.6 Å². The third-order valence-corrected chi connectivity index (χ3v) is 4.13. The Hall–Kier alpha value is -2.30. The van der Waals surface area contributed by atoms with E-state index in [-0.39, 0.29) is 0 Å². The Kier molecular flexibility index (Phi) is 4.73. The molecule has 1 saturated carbocycles. The molecule has 0 radical (unpaired) electrons. The Morgan fingerprint density at radius 2 is 1.77 bits per heavy atom. The summed E-state index contributed by atoms with van der Waals surface area (Å²) in [6.45, 7) is 0.800. The molecule has 0 saturated heterocycles. The highest BCUT2D eigenvalue weighted by Crippen LogP contribution is 2.27. The van der Waals surface area contributed by atoms with E-state index in [9.17, 15) is 0 Å². The van der Waals surface area contributed by atoms with Crippen LogP contribution in [-0.4, -0.2) is 22.6 Å². The van der Waals surface area contributed by atoms with E-state index in [2.05, 4.69) is 44.9 Å². The highest BCUT2D eigenvalue weighted by molar-refractivity contribution is 5.74. The highest BCUT2D eigenvalue weighted by Gasteiger charge is 2.17. The van der Waals surface area contributed by atoms with Crippen molar-refractivity contribution < 1.29 is 0 Å². The minimum atomic E-state index is 0.495. The number of nitrogen functional groups attached to an aromatic ring is 1. The van der Waals surface area contributed by atoms with Gasteiger partial charge in [-0.15, -0.1) is 0 Å². The molecule has 3 rings (SSSR count). The molecule has 22 heavy (non-hydrogen) atoms. The number of aromatic nitrogens is 2. The molecule has 0 amide bonds. The van der Waals surface area contributed by atoms with Crippen molar-refractivity contribution in [3.8, 4) is 0 Å². The fourth-order valence-electron chi connectivity index (χ4n) is 2.88. The Balaban J connectivity index is 1.58. The SMILES string of the molecule is Nc1c(NCCc2ccccc2)ncnc1NC1CCCC1. The topological polar surface area (TPSA) is 75.9 Å². The highest BCUT2D eigenvalue weighted by atomic mass is 15.1. The molecule has 5 nitrogen and oxygen atoms in total. The monoisotopic (exact) mass is 297 g/mol. The second-order valence-electron chi connectivity index (χ2n) is 5.77. The van der Waals surface area contributed by atoms with Crippen molar-refractivity contribution in [1.29, 1.82) is 0 Å². The quantitative estimate of drug-likeness (QED) is 0.764. The molecule has 0 unspecified atom stereocenters. The Morgan fingerprint density at radius 1 is 1.05 bits per heavy atom. The standard InChI is InChI=1S/C17H23N5/c18-15-16(19-11-10-13-6-2-1-3-7-13)20-12-21-17(15)22-14-8-4-5-9-14/h1-3,6-7,12,14H,4-5,8-11,18H2,(H2,19,20,21,22). The van der Waals surface area contributed by atoms with Crippen LogP contribution in [0.5, 0.6) is 0 Å². The van der Waals surface area contributed by atoms with Crippen LogP contribution in [0, 0.1) is 0 Å². The fourth-order valence-corrected chi connectivity index (χ4v) is 2.88. The van der Waals surface area contributed by atoms with Gasteiger partial charge < -0.3 is 16.4 Å². The largest absolute Gasteiger partial charge is 0.393 e. The third-order valence-electron chi connectivity index (χ3n) is 4.13. The fraction of sp³-hybridized carbons (Fsp3) is 0.412. The molecule has 1 fully saturated rings. The predicted octanol–water partition coefficient (Wildman–Crippen LogP) is 3.07. The van der Waals surface area contributed by atoms with Crippen LogP contribution in [0.3, 0.4) is 0 Å². The van der Waals surface area contributed by atoms with Gasteiger partial charge in [0.1, 0.15) is 12.0 Å². The van der Waals surface area contributed by atoms with Crippen LogP contribution in [0.4, 0.5) is 17.3 Å². The second kappa shape index (κ2) is 7.11. The lowest BCUT2D eigenvalue weighted by Gasteiger charge is -2.16. The molecule has 0 atom stereocenters. The molecule has 1 heterocycles. The number of nitrogens with two attached hydrogens (primary N) is 1. The van der Waals surface area contributed by atoms with Crippen molar-refractivity contribution in [2.45, 2.75) is 38.1 Å². The first-order valence-corrected chi connectivity index (χ1v) is 7.98. The number of benzene rings is 1. The Labute approximate surface area is 131 Å². The summed E-state index contributed by atoms with van der Waals surface area (Å²) in [7, 11) is 0. The van der Waals surface area contributed by atoms with Gasteiger partial charge in [-0.05, 0) is 24.8 Å². The normalized spacial score (nSPS) is 14.9. The first kappa shape index (κ1) is 14.6. The molecule has 0 bridgehead atoms. The molecule has 0 spiro atoms. The van der Waals surface area contributed by atoms with Crippen molar-refractivity contribution in [3.05, 3.63) is 42.2 Å². The lowest BCUT2D eigenvalue weighted by Crippen LogP contribution is -2.18. The minimum Gasteiger partial charge on any atom is -0.393 e. The maximum absolute atomic E-state index is 6.19. The lowest BCUT2D eigenvalue weighted by molar-refractivity contribution is 0.750. The maximum atomic E-state index is 6.19. The van der Waals surface area contributed by atoms with Crippen molar-refractivity contribution >= 4 is 17.3 Å². The summed E-state index contributed by atoms with van der Waals surface area (Å²) in [6, 6.07) is 10.9. The van der Waals surface area contributed by atoms with Gasteiger partial charge in [-0.25, -0.2) is 9.97 Å². The van der Waals surface area contributed by atoms with Gasteiger partial charge in [-0.1, -0.05) is 43.2 Å². The second-order valence-corrected chi connectivity index (χ2v) is 5.77. The van der Waals surface area contributed by atoms with Gasteiger partial charge in [-0.3, -0.25) is 0 Å². The summed E-state index contributed by atoms with van der Waals surface area (Å²) < 4.78 is 0. The van der Waals surface area contributed by atoms with Gasteiger partial charge >= 0.3 is 0 Å². The smallest absolute Gasteiger partial charge is 0.155 e. The van der Waals surface area contributed by atoms with Crippen LogP contribution in [0.25, 0.3) is 0 Å². The first-order chi connectivity index (χ1) is 10.8. The van der Waals surface area contributed by atoms with Gasteiger partial charge in [0.25, 0.3) is 0 Å². The molecular formula is C17H23N5. The summed E-state index contributed by atoms with van der Waals surface area (Å²) in [4.78, 5) is 8.54. The summed E-state index contributed by atoms with van der Waals surface area (Å²) in [6.07, 6.45) is 7.46. The van der Waals surface area contributed by atoms with Crippen LogP contribution in [-0.2, 0) is 6.42 Å². The average molecular weight is 297 g/mol. The molecule has 0 aliphatic heterocycles. The third kappa shape index (κ3) is 3.67. The molecule has 2 aromatic rings. The average Bonchev–Trinajstić information content (AvgIpc) is 3.05. The molecule has 1 aromatic heterocycles. The van der Waals surface area contributed by atoms with Crippen molar-refractivity contribution in [2.24, 2.45) is 0 Å². The number of rotatable bonds is 6.